The van der Waals surface area contributed by atoms with E-state index in [-0.39, 0.29) is 41.2 Å². The third-order valence-electron chi connectivity index (χ3n) is 9.55. The zero-order chi connectivity index (χ0) is 29.9. The van der Waals surface area contributed by atoms with Gasteiger partial charge in [-0.25, -0.2) is 13.2 Å². The number of aryl methyl sites for hydroxylation is 1. The predicted octanol–water partition coefficient (Wildman–Crippen LogP) is 5.14. The Morgan fingerprint density at radius 2 is 2.09 bits per heavy atom. The van der Waals surface area contributed by atoms with Crippen molar-refractivity contribution in [3.05, 3.63) is 47.7 Å². The average molecular weight is 593 g/mol. The van der Waals surface area contributed by atoms with Crippen molar-refractivity contribution in [2.75, 3.05) is 44.7 Å². The molecule has 0 amide bonds. The number of phenols is 1. The fraction of sp³-hybridized carbons (Fsp3) is 0.469. The highest BCUT2D eigenvalue weighted by Crippen LogP contribution is 2.42. The zero-order valence-electron chi connectivity index (χ0n) is 24.3. The Bertz CT molecular complexity index is 1710. The van der Waals surface area contributed by atoms with Gasteiger partial charge in [0.15, 0.2) is 5.82 Å². The second kappa shape index (κ2) is 10.8. The maximum Gasteiger partial charge on any atom is 0.319 e. The molecule has 4 aromatic rings. The number of ether oxygens (including phenoxy) is 1. The Hall–Kier alpha value is -3.70. The van der Waals surface area contributed by atoms with Crippen LogP contribution < -0.4 is 15.0 Å². The van der Waals surface area contributed by atoms with E-state index in [0.717, 1.165) is 38.9 Å². The molecule has 0 bridgehead atoms. The molecule has 3 saturated heterocycles. The number of rotatable bonds is 7. The van der Waals surface area contributed by atoms with Crippen molar-refractivity contribution < 1.29 is 23.0 Å². The Balaban J connectivity index is 1.37. The highest BCUT2D eigenvalue weighted by Gasteiger charge is 2.49. The fourth-order valence-electron chi connectivity index (χ4n) is 7.37. The first-order valence-electron chi connectivity index (χ1n) is 15.0. The number of anilines is 1. The Labute approximate surface area is 247 Å². The largest absolute Gasteiger partial charge is 0.508 e. The summed E-state index contributed by atoms with van der Waals surface area (Å²) in [6.07, 6.45) is 4.09. The van der Waals surface area contributed by atoms with Crippen LogP contribution >= 0.6 is 0 Å². The summed E-state index contributed by atoms with van der Waals surface area (Å²) < 4.78 is 52.2. The van der Waals surface area contributed by atoms with E-state index in [0.29, 0.717) is 46.9 Å². The van der Waals surface area contributed by atoms with Crippen LogP contribution in [0, 0.1) is 11.6 Å². The van der Waals surface area contributed by atoms with Gasteiger partial charge in [-0.15, -0.1) is 0 Å². The number of fused-ring (bicyclic) bond motifs is 3. The van der Waals surface area contributed by atoms with Crippen molar-refractivity contribution in [1.29, 1.82) is 0 Å². The van der Waals surface area contributed by atoms with Gasteiger partial charge in [-0.1, -0.05) is 13.0 Å². The van der Waals surface area contributed by atoms with Crippen LogP contribution in [0.4, 0.5) is 19.0 Å². The van der Waals surface area contributed by atoms with E-state index in [1.54, 1.807) is 6.07 Å². The molecule has 11 heteroatoms. The molecule has 3 aliphatic heterocycles. The van der Waals surface area contributed by atoms with Crippen LogP contribution in [0.5, 0.6) is 11.8 Å². The molecule has 226 valence electrons. The molecule has 3 atom stereocenters. The van der Waals surface area contributed by atoms with Crippen molar-refractivity contribution >= 4 is 27.5 Å². The summed E-state index contributed by atoms with van der Waals surface area (Å²) in [5.41, 5.74) is 0.248. The van der Waals surface area contributed by atoms with Gasteiger partial charge in [-0.3, -0.25) is 9.88 Å². The van der Waals surface area contributed by atoms with Crippen LogP contribution in [0.2, 0.25) is 0 Å². The van der Waals surface area contributed by atoms with Crippen LogP contribution in [-0.4, -0.2) is 82.5 Å². The van der Waals surface area contributed by atoms with Gasteiger partial charge in [0.1, 0.15) is 41.4 Å². The summed E-state index contributed by atoms with van der Waals surface area (Å²) in [7, 11) is 1.91. The van der Waals surface area contributed by atoms with Gasteiger partial charge in [0.25, 0.3) is 0 Å². The van der Waals surface area contributed by atoms with E-state index >= 15 is 4.39 Å². The first-order chi connectivity index (χ1) is 20.8. The zero-order valence-corrected chi connectivity index (χ0v) is 24.3. The van der Waals surface area contributed by atoms with Crippen molar-refractivity contribution in [2.24, 2.45) is 0 Å². The van der Waals surface area contributed by atoms with E-state index in [4.69, 9.17) is 9.72 Å². The van der Waals surface area contributed by atoms with Gasteiger partial charge in [0.05, 0.1) is 10.9 Å². The summed E-state index contributed by atoms with van der Waals surface area (Å²) in [5.74, 6) is -0.713. The van der Waals surface area contributed by atoms with E-state index in [2.05, 4.69) is 20.2 Å². The standard InChI is InChI=1S/C32H35F3N6O2/c1-3-22-25(34)6-5-18-11-21(42)12-23(26(18)22)28-27(35)29-24(15-37-28)30(40(2)20-7-9-36-14-20)39-31(38-29)43-17-32-8-4-10-41(32)16-19(33)13-32/h5-6,11-12,15,19-20,36,42H,3-4,7-10,13-14,16-17H2,1-2H3/t19-,20-,32+/m1/s1. The topological polar surface area (TPSA) is 86.6 Å². The number of hydrogen-bond acceptors (Lipinski definition) is 8. The Kier molecular flexibility index (Phi) is 7.04. The van der Waals surface area contributed by atoms with E-state index in [1.807, 2.05) is 18.9 Å². The van der Waals surface area contributed by atoms with Crippen molar-refractivity contribution in [3.63, 3.8) is 0 Å². The summed E-state index contributed by atoms with van der Waals surface area (Å²) >= 11 is 0. The maximum absolute atomic E-state index is 16.7. The molecule has 5 heterocycles. The molecule has 43 heavy (non-hydrogen) atoms. The van der Waals surface area contributed by atoms with E-state index in [9.17, 15) is 13.9 Å². The molecule has 0 spiro atoms. The lowest BCUT2D eigenvalue weighted by atomic mass is 9.94. The number of likely N-dealkylation sites (N-methyl/N-ethyl adjacent to an activating group) is 1. The van der Waals surface area contributed by atoms with Crippen molar-refractivity contribution in [2.45, 2.75) is 56.8 Å². The molecular weight excluding hydrogens is 557 g/mol. The molecule has 3 fully saturated rings. The van der Waals surface area contributed by atoms with E-state index < -0.39 is 23.3 Å². The third kappa shape index (κ3) is 4.73. The number of nitrogens with one attached hydrogen (secondary N) is 1. The molecular formula is C32H35F3N6O2. The highest BCUT2D eigenvalue weighted by molar-refractivity contribution is 6.01. The molecule has 2 N–H and O–H groups in total. The Morgan fingerprint density at radius 3 is 2.88 bits per heavy atom. The van der Waals surface area contributed by atoms with Crippen molar-refractivity contribution in [1.82, 2.24) is 25.2 Å². The number of hydrogen-bond donors (Lipinski definition) is 2. The summed E-state index contributed by atoms with van der Waals surface area (Å²) in [4.78, 5) is 17.9. The monoisotopic (exact) mass is 592 g/mol. The summed E-state index contributed by atoms with van der Waals surface area (Å²) in [5, 5.41) is 15.4. The number of nitrogens with zero attached hydrogens (tertiary/aromatic N) is 5. The average Bonchev–Trinajstić information content (AvgIpc) is 3.72. The van der Waals surface area contributed by atoms with Gasteiger partial charge in [-0.05, 0) is 73.3 Å². The molecule has 0 radical (unpaired) electrons. The second-order valence-corrected chi connectivity index (χ2v) is 12.1. The van der Waals surface area contributed by atoms with Crippen LogP contribution in [0.1, 0.15) is 38.2 Å². The fourth-order valence-corrected chi connectivity index (χ4v) is 7.37. The minimum atomic E-state index is -0.904. The molecule has 0 saturated carbocycles. The number of alkyl halides is 1. The SMILES string of the molecule is CCc1c(F)ccc2cc(O)cc(-c3ncc4c(N(C)[C@@H]5CCNC5)nc(OC[C@@]56CCCN5C[C@H](F)C6)nc4c3F)c12. The summed E-state index contributed by atoms with van der Waals surface area (Å²) in [6.45, 7) is 4.88. The third-order valence-corrected chi connectivity index (χ3v) is 9.55. The first-order valence-corrected chi connectivity index (χ1v) is 15.0. The predicted molar refractivity (Wildman–Crippen MR) is 159 cm³/mol. The van der Waals surface area contributed by atoms with Crippen LogP contribution in [-0.2, 0) is 6.42 Å². The second-order valence-electron chi connectivity index (χ2n) is 12.1. The van der Waals surface area contributed by atoms with Gasteiger partial charge < -0.3 is 20.1 Å². The number of phenolic OH excluding ortho intramolecular Hbond substituents is 1. The lowest BCUT2D eigenvalue weighted by molar-refractivity contribution is 0.107. The van der Waals surface area contributed by atoms with Crippen LogP contribution in [0.25, 0.3) is 32.9 Å². The molecule has 2 aromatic carbocycles. The van der Waals surface area contributed by atoms with Gasteiger partial charge >= 0.3 is 6.01 Å². The number of halogens is 3. The molecule has 7 rings (SSSR count). The highest BCUT2D eigenvalue weighted by atomic mass is 19.1. The van der Waals surface area contributed by atoms with Gasteiger partial charge in [0, 0.05) is 44.4 Å². The molecule has 8 nitrogen and oxygen atoms in total. The van der Waals surface area contributed by atoms with Crippen molar-refractivity contribution in [3.8, 4) is 23.0 Å². The number of aromatic nitrogens is 3. The maximum atomic E-state index is 16.7. The smallest absolute Gasteiger partial charge is 0.319 e. The lowest BCUT2D eigenvalue weighted by Crippen LogP contribution is -2.43. The number of benzene rings is 2. The molecule has 0 unspecified atom stereocenters. The summed E-state index contributed by atoms with van der Waals surface area (Å²) in [6, 6.07) is 6.01. The normalized spacial score (nSPS) is 23.8. The van der Waals surface area contributed by atoms with E-state index in [1.165, 1.54) is 24.4 Å². The minimum absolute atomic E-state index is 0.0148. The van der Waals surface area contributed by atoms with Gasteiger partial charge in [0.2, 0.25) is 0 Å². The number of pyridine rings is 1. The first kappa shape index (κ1) is 28.1. The van der Waals surface area contributed by atoms with Gasteiger partial charge in [-0.2, -0.15) is 9.97 Å². The Morgan fingerprint density at radius 1 is 1.23 bits per heavy atom. The molecule has 3 aliphatic rings. The quantitative estimate of drug-likeness (QED) is 0.305. The number of aromatic hydroxyl groups is 1. The van der Waals surface area contributed by atoms with Crippen LogP contribution in [0.3, 0.4) is 0 Å². The molecule has 2 aromatic heterocycles. The lowest BCUT2D eigenvalue weighted by Gasteiger charge is -2.31. The van der Waals surface area contributed by atoms with Crippen LogP contribution in [0.15, 0.2) is 30.5 Å². The molecule has 0 aliphatic carbocycles. The minimum Gasteiger partial charge on any atom is -0.508 e.